The summed E-state index contributed by atoms with van der Waals surface area (Å²) in [7, 11) is 0. The highest BCUT2D eigenvalue weighted by Crippen LogP contribution is 2.31. The molecule has 0 aliphatic carbocycles. The van der Waals surface area contributed by atoms with E-state index in [4.69, 9.17) is 23.2 Å². The minimum absolute atomic E-state index is 0.534. The van der Waals surface area contributed by atoms with Gasteiger partial charge in [-0.2, -0.15) is 0 Å². The Morgan fingerprint density at radius 1 is 1.38 bits per heavy atom. The molecular formula is C10H12Cl2S. The molecule has 3 heteroatoms. The van der Waals surface area contributed by atoms with Crippen LogP contribution in [0.2, 0.25) is 5.02 Å². The van der Waals surface area contributed by atoms with Crippen molar-refractivity contribution < 1.29 is 0 Å². The average Bonchev–Trinajstić information content (AvgIpc) is 2.15. The standard InChI is InChI=1S/C10H12Cl2S/c1-2-6-13-10-8(7-11)4-3-5-9(10)12/h3-5H,2,6-7H2,1H3. The van der Waals surface area contributed by atoms with Crippen LogP contribution in [0.5, 0.6) is 0 Å². The van der Waals surface area contributed by atoms with Gasteiger partial charge in [-0.3, -0.25) is 0 Å². The van der Waals surface area contributed by atoms with Gasteiger partial charge in [0.05, 0.1) is 5.02 Å². The second kappa shape index (κ2) is 5.79. The lowest BCUT2D eigenvalue weighted by Crippen LogP contribution is -1.86. The van der Waals surface area contributed by atoms with E-state index in [1.165, 1.54) is 0 Å². The van der Waals surface area contributed by atoms with Crippen molar-refractivity contribution >= 4 is 35.0 Å². The monoisotopic (exact) mass is 234 g/mol. The molecule has 0 bridgehead atoms. The van der Waals surface area contributed by atoms with Crippen molar-refractivity contribution in [3.8, 4) is 0 Å². The molecule has 72 valence electrons. The first kappa shape index (κ1) is 11.2. The van der Waals surface area contributed by atoms with Crippen molar-refractivity contribution in [3.63, 3.8) is 0 Å². The maximum absolute atomic E-state index is 6.06. The molecule has 0 saturated carbocycles. The van der Waals surface area contributed by atoms with E-state index in [0.29, 0.717) is 5.88 Å². The van der Waals surface area contributed by atoms with E-state index in [1.54, 1.807) is 11.8 Å². The first-order valence-corrected chi connectivity index (χ1v) is 6.15. The van der Waals surface area contributed by atoms with Crippen LogP contribution in [0, 0.1) is 0 Å². The molecule has 0 unspecified atom stereocenters. The predicted octanol–water partition coefficient (Wildman–Crippen LogP) is 4.58. The van der Waals surface area contributed by atoms with E-state index >= 15 is 0 Å². The van der Waals surface area contributed by atoms with Gasteiger partial charge >= 0.3 is 0 Å². The van der Waals surface area contributed by atoms with Crippen LogP contribution < -0.4 is 0 Å². The lowest BCUT2D eigenvalue weighted by Gasteiger charge is -2.07. The molecule has 1 aromatic rings. The summed E-state index contributed by atoms with van der Waals surface area (Å²) < 4.78 is 0. The summed E-state index contributed by atoms with van der Waals surface area (Å²) in [5, 5.41) is 0.816. The second-order valence-corrected chi connectivity index (χ2v) is 4.49. The molecule has 0 aromatic heterocycles. The molecule has 0 amide bonds. The van der Waals surface area contributed by atoms with Gasteiger partial charge in [-0.15, -0.1) is 23.4 Å². The summed E-state index contributed by atoms with van der Waals surface area (Å²) in [4.78, 5) is 1.14. The molecule has 0 saturated heterocycles. The Kier molecular flexibility index (Phi) is 5.00. The van der Waals surface area contributed by atoms with Crippen LogP contribution in [0.1, 0.15) is 18.9 Å². The third-order valence-corrected chi connectivity index (χ3v) is 3.74. The van der Waals surface area contributed by atoms with E-state index in [-0.39, 0.29) is 0 Å². The van der Waals surface area contributed by atoms with E-state index in [2.05, 4.69) is 6.92 Å². The number of halogens is 2. The fourth-order valence-corrected chi connectivity index (χ4v) is 2.62. The molecule has 1 aromatic carbocycles. The van der Waals surface area contributed by atoms with Crippen LogP contribution in [-0.2, 0) is 5.88 Å². The van der Waals surface area contributed by atoms with Gasteiger partial charge in [-0.1, -0.05) is 30.7 Å². The molecule has 0 spiro atoms. The van der Waals surface area contributed by atoms with Gasteiger partial charge in [0.2, 0.25) is 0 Å². The van der Waals surface area contributed by atoms with Gasteiger partial charge in [-0.05, 0) is 23.8 Å². The van der Waals surface area contributed by atoms with E-state index < -0.39 is 0 Å². The highest BCUT2D eigenvalue weighted by Gasteiger charge is 2.05. The van der Waals surface area contributed by atoms with Crippen molar-refractivity contribution in [3.05, 3.63) is 28.8 Å². The van der Waals surface area contributed by atoms with Crippen LogP contribution in [0.25, 0.3) is 0 Å². The lowest BCUT2D eigenvalue weighted by molar-refractivity contribution is 1.10. The van der Waals surface area contributed by atoms with E-state index in [0.717, 1.165) is 27.7 Å². The summed E-state index contributed by atoms with van der Waals surface area (Å²) in [6.45, 7) is 2.16. The summed E-state index contributed by atoms with van der Waals surface area (Å²) in [5.74, 6) is 1.63. The SMILES string of the molecule is CCCSc1c(Cl)cccc1CCl. The largest absolute Gasteiger partial charge is 0.124 e. The number of thioether (sulfide) groups is 1. The molecule has 1 rings (SSSR count). The molecule has 0 heterocycles. The quantitative estimate of drug-likeness (QED) is 0.543. The number of hydrogen-bond donors (Lipinski definition) is 0. The van der Waals surface area contributed by atoms with Crippen molar-refractivity contribution in [2.45, 2.75) is 24.1 Å². The fourth-order valence-electron chi connectivity index (χ4n) is 1.02. The van der Waals surface area contributed by atoms with E-state index in [1.807, 2.05) is 18.2 Å². The van der Waals surface area contributed by atoms with Crippen LogP contribution in [0.4, 0.5) is 0 Å². The molecule has 0 atom stereocenters. The number of alkyl halides is 1. The Labute approximate surface area is 93.6 Å². The van der Waals surface area contributed by atoms with Crippen LogP contribution in [0.3, 0.4) is 0 Å². The first-order valence-electron chi connectivity index (χ1n) is 4.25. The van der Waals surface area contributed by atoms with Crippen LogP contribution in [0.15, 0.2) is 23.1 Å². The van der Waals surface area contributed by atoms with Crippen molar-refractivity contribution in [2.24, 2.45) is 0 Å². The topological polar surface area (TPSA) is 0 Å². The van der Waals surface area contributed by atoms with Gasteiger partial charge in [0.25, 0.3) is 0 Å². The van der Waals surface area contributed by atoms with E-state index in [9.17, 15) is 0 Å². The third kappa shape index (κ3) is 3.08. The minimum Gasteiger partial charge on any atom is -0.124 e. The van der Waals surface area contributed by atoms with Gasteiger partial charge in [0.15, 0.2) is 0 Å². The summed E-state index contributed by atoms with van der Waals surface area (Å²) in [6.07, 6.45) is 1.15. The second-order valence-electron chi connectivity index (χ2n) is 2.71. The molecule has 0 aliphatic heterocycles. The predicted molar refractivity (Wildman–Crippen MR) is 62.0 cm³/mol. The molecule has 13 heavy (non-hydrogen) atoms. The Balaban J connectivity index is 2.87. The van der Waals surface area contributed by atoms with Crippen molar-refractivity contribution in [2.75, 3.05) is 5.75 Å². The summed E-state index contributed by atoms with van der Waals surface area (Å²) in [5.41, 5.74) is 1.13. The van der Waals surface area contributed by atoms with Crippen LogP contribution >= 0.6 is 35.0 Å². The maximum Gasteiger partial charge on any atom is 0.0545 e. The Bertz CT molecular complexity index is 274. The van der Waals surface area contributed by atoms with Crippen LogP contribution in [-0.4, -0.2) is 5.75 Å². The minimum atomic E-state index is 0.534. The summed E-state index contributed by atoms with van der Waals surface area (Å²) in [6, 6.07) is 5.88. The number of benzene rings is 1. The van der Waals surface area contributed by atoms with Crippen molar-refractivity contribution in [1.29, 1.82) is 0 Å². The average molecular weight is 235 g/mol. The number of hydrogen-bond acceptors (Lipinski definition) is 1. The Morgan fingerprint density at radius 3 is 2.77 bits per heavy atom. The number of rotatable bonds is 4. The Morgan fingerprint density at radius 2 is 2.15 bits per heavy atom. The molecule has 0 N–H and O–H groups in total. The molecule has 0 aliphatic rings. The fraction of sp³-hybridized carbons (Fsp3) is 0.400. The van der Waals surface area contributed by atoms with Gasteiger partial charge in [-0.25, -0.2) is 0 Å². The third-order valence-electron chi connectivity index (χ3n) is 1.64. The smallest absolute Gasteiger partial charge is 0.0545 e. The highest BCUT2D eigenvalue weighted by molar-refractivity contribution is 7.99. The molecule has 0 nitrogen and oxygen atoms in total. The zero-order valence-electron chi connectivity index (χ0n) is 7.52. The zero-order valence-corrected chi connectivity index (χ0v) is 9.85. The van der Waals surface area contributed by atoms with Crippen molar-refractivity contribution in [1.82, 2.24) is 0 Å². The first-order chi connectivity index (χ1) is 6.29. The molecule has 0 fully saturated rings. The van der Waals surface area contributed by atoms with Gasteiger partial charge in [0.1, 0.15) is 0 Å². The lowest BCUT2D eigenvalue weighted by atomic mass is 10.2. The molecular weight excluding hydrogens is 223 g/mol. The maximum atomic E-state index is 6.06. The zero-order chi connectivity index (χ0) is 9.68. The normalized spacial score (nSPS) is 10.4. The van der Waals surface area contributed by atoms with Gasteiger partial charge < -0.3 is 0 Å². The summed E-state index contributed by atoms with van der Waals surface area (Å²) >= 11 is 13.7. The Hall–Kier alpha value is 0.150. The highest BCUT2D eigenvalue weighted by atomic mass is 35.5. The van der Waals surface area contributed by atoms with Gasteiger partial charge in [0, 0.05) is 10.8 Å². The molecule has 0 radical (unpaired) electrons.